The second kappa shape index (κ2) is 12.7. The molecule has 5 nitrogen and oxygen atoms in total. The summed E-state index contributed by atoms with van der Waals surface area (Å²) in [5.41, 5.74) is 0.590. The first-order valence-corrected chi connectivity index (χ1v) is 14.2. The van der Waals surface area contributed by atoms with Gasteiger partial charge in [0, 0.05) is 43.3 Å². The van der Waals surface area contributed by atoms with Crippen molar-refractivity contribution in [1.82, 2.24) is 4.31 Å². The van der Waals surface area contributed by atoms with E-state index in [-0.39, 0.29) is 30.5 Å². The molecule has 1 aliphatic carbocycles. The maximum absolute atomic E-state index is 13.5. The van der Waals surface area contributed by atoms with Crippen LogP contribution < -0.4 is 9.64 Å². The number of benzene rings is 2. The number of alkyl halides is 5. The Kier molecular flexibility index (Phi) is 10.3. The molecule has 0 spiro atoms. The number of carboxylic acid groups (broad SMARTS) is 1. The lowest BCUT2D eigenvalue weighted by Gasteiger charge is -2.35. The fourth-order valence-corrected chi connectivity index (χ4v) is 6.03. The number of carbonyl (C=O) groups is 1. The number of fused-ring (bicyclic) bond motifs is 1. The number of likely N-dealkylation sites (N-methyl/N-ethyl adjacent to an activating group) is 1. The summed E-state index contributed by atoms with van der Waals surface area (Å²) in [5, 5.41) is 9.22. The summed E-state index contributed by atoms with van der Waals surface area (Å²) in [6.45, 7) is 5.57. The summed E-state index contributed by atoms with van der Waals surface area (Å²) >= 11 is 2.86. The van der Waals surface area contributed by atoms with Crippen LogP contribution in [0.25, 0.3) is 0 Å². The Morgan fingerprint density at radius 2 is 1.75 bits per heavy atom. The quantitative estimate of drug-likeness (QED) is 0.250. The predicted molar refractivity (Wildman–Crippen MR) is 145 cm³/mol. The molecule has 0 atom stereocenters. The van der Waals surface area contributed by atoms with Gasteiger partial charge >= 0.3 is 12.1 Å². The standard InChI is InChI=1S/C24H27F3N2O3S2.C3H5F3/c1-23(2,22(30)31)14-32-19-11-20-18(10-21(19)33-17-12-24(26,27)13-17)29(9-8-28(3)34-20)16-6-4-15(25)5-7-16;1-2-3(4,5)6/h4-7,10-11,17H,8-9,12-14H2,1-3H3,(H,30,31);2H2,1H3. The van der Waals surface area contributed by atoms with Gasteiger partial charge in [-0.25, -0.2) is 17.5 Å². The van der Waals surface area contributed by atoms with E-state index in [1.807, 2.05) is 19.2 Å². The average molecular weight is 611 g/mol. The van der Waals surface area contributed by atoms with E-state index in [4.69, 9.17) is 4.74 Å². The van der Waals surface area contributed by atoms with Gasteiger partial charge in [-0.1, -0.05) is 6.92 Å². The summed E-state index contributed by atoms with van der Waals surface area (Å²) < 4.78 is 81.0. The molecular weight excluding hydrogens is 578 g/mol. The zero-order valence-electron chi connectivity index (χ0n) is 22.5. The molecule has 222 valence electrons. The van der Waals surface area contributed by atoms with Crippen LogP contribution >= 0.6 is 23.7 Å². The average Bonchev–Trinajstić information content (AvgIpc) is 2.99. The molecule has 1 heterocycles. The maximum Gasteiger partial charge on any atom is 0.388 e. The van der Waals surface area contributed by atoms with Gasteiger partial charge in [0.25, 0.3) is 0 Å². The second-order valence-electron chi connectivity index (χ2n) is 10.3. The van der Waals surface area contributed by atoms with E-state index in [1.165, 1.54) is 35.8 Å². The minimum atomic E-state index is -3.96. The van der Waals surface area contributed by atoms with Crippen molar-refractivity contribution in [2.24, 2.45) is 5.41 Å². The Balaban J connectivity index is 0.000000663. The third kappa shape index (κ3) is 8.87. The number of aliphatic carboxylic acids is 1. The number of ether oxygens (including phenoxy) is 1. The highest BCUT2D eigenvalue weighted by Crippen LogP contribution is 2.51. The zero-order valence-corrected chi connectivity index (χ0v) is 24.2. The van der Waals surface area contributed by atoms with Crippen LogP contribution in [-0.4, -0.2) is 59.5 Å². The first-order chi connectivity index (χ1) is 18.5. The number of carboxylic acids is 1. The van der Waals surface area contributed by atoms with Crippen LogP contribution in [-0.2, 0) is 4.79 Å². The van der Waals surface area contributed by atoms with Crippen LogP contribution in [0.1, 0.15) is 40.0 Å². The molecule has 0 saturated heterocycles. The van der Waals surface area contributed by atoms with Gasteiger partial charge in [0.15, 0.2) is 0 Å². The van der Waals surface area contributed by atoms with Crippen molar-refractivity contribution < 1.29 is 41.0 Å². The molecule has 2 aliphatic rings. The number of nitrogens with zero attached hydrogens (tertiary/aromatic N) is 2. The third-order valence-corrected chi connectivity index (χ3v) is 8.52. The molecule has 13 heteroatoms. The van der Waals surface area contributed by atoms with Crippen LogP contribution in [0.4, 0.5) is 37.7 Å². The Hall–Kier alpha value is -2.25. The predicted octanol–water partition coefficient (Wildman–Crippen LogP) is 8.25. The third-order valence-electron chi connectivity index (χ3n) is 6.26. The Morgan fingerprint density at radius 3 is 2.27 bits per heavy atom. The molecule has 0 radical (unpaired) electrons. The molecule has 1 saturated carbocycles. The summed E-state index contributed by atoms with van der Waals surface area (Å²) in [5.74, 6) is -3.46. The summed E-state index contributed by atoms with van der Waals surface area (Å²) in [4.78, 5) is 15.2. The number of thioether (sulfide) groups is 1. The van der Waals surface area contributed by atoms with Crippen molar-refractivity contribution in [2.75, 3.05) is 31.6 Å². The lowest BCUT2D eigenvalue weighted by molar-refractivity contribution is -0.148. The molecule has 0 unspecified atom stereocenters. The normalized spacial score (nSPS) is 17.7. The second-order valence-corrected chi connectivity index (χ2v) is 12.9. The van der Waals surface area contributed by atoms with Gasteiger partial charge in [-0.3, -0.25) is 4.79 Å². The van der Waals surface area contributed by atoms with Crippen molar-refractivity contribution in [2.45, 2.75) is 67.2 Å². The van der Waals surface area contributed by atoms with Gasteiger partial charge in [-0.2, -0.15) is 13.2 Å². The highest BCUT2D eigenvalue weighted by atomic mass is 32.2. The van der Waals surface area contributed by atoms with E-state index >= 15 is 0 Å². The van der Waals surface area contributed by atoms with Gasteiger partial charge in [0.2, 0.25) is 5.92 Å². The summed E-state index contributed by atoms with van der Waals surface area (Å²) in [6.07, 6.45) is -5.09. The minimum absolute atomic E-state index is 0.0578. The van der Waals surface area contributed by atoms with Crippen LogP contribution in [0.2, 0.25) is 0 Å². The highest BCUT2D eigenvalue weighted by molar-refractivity contribution is 8.00. The summed E-state index contributed by atoms with van der Waals surface area (Å²) in [6, 6.07) is 10.0. The molecule has 0 amide bonds. The van der Waals surface area contributed by atoms with E-state index in [2.05, 4.69) is 9.21 Å². The fraction of sp³-hybridized carbons (Fsp3) is 0.519. The number of halogens is 6. The van der Waals surface area contributed by atoms with Gasteiger partial charge < -0.3 is 14.7 Å². The molecule has 1 fully saturated rings. The molecule has 40 heavy (non-hydrogen) atoms. The lowest BCUT2D eigenvalue weighted by atomic mass is 9.94. The number of hydrogen-bond acceptors (Lipinski definition) is 6. The van der Waals surface area contributed by atoms with Gasteiger partial charge in [-0.15, -0.1) is 11.8 Å². The number of rotatable bonds is 7. The van der Waals surface area contributed by atoms with E-state index in [9.17, 15) is 36.2 Å². The van der Waals surface area contributed by atoms with Crippen molar-refractivity contribution in [1.29, 1.82) is 0 Å². The SMILES string of the molecule is CCC(F)(F)F.CN1CCN(c2ccc(F)cc2)c2cc(SC3CC(F)(F)C3)c(OCC(C)(C)C(=O)O)cc2S1. The zero-order chi connectivity index (χ0) is 29.9. The van der Waals surface area contributed by atoms with Gasteiger partial charge in [0.1, 0.15) is 18.2 Å². The fourth-order valence-electron chi connectivity index (χ4n) is 3.67. The molecule has 2 aromatic carbocycles. The van der Waals surface area contributed by atoms with Crippen LogP contribution in [0.5, 0.6) is 5.75 Å². The molecule has 4 rings (SSSR count). The first-order valence-electron chi connectivity index (χ1n) is 12.6. The Labute approximate surface area is 238 Å². The van der Waals surface area contributed by atoms with Gasteiger partial charge in [0.05, 0.1) is 20.9 Å². The van der Waals surface area contributed by atoms with Crippen molar-refractivity contribution >= 4 is 41.1 Å². The minimum Gasteiger partial charge on any atom is -0.491 e. The molecule has 0 bridgehead atoms. The molecule has 1 aliphatic heterocycles. The van der Waals surface area contributed by atoms with E-state index in [1.54, 1.807) is 26.0 Å². The largest absolute Gasteiger partial charge is 0.491 e. The molecule has 1 N–H and O–H groups in total. The van der Waals surface area contributed by atoms with Crippen molar-refractivity contribution in [3.05, 3.63) is 42.2 Å². The Morgan fingerprint density at radius 1 is 1.15 bits per heavy atom. The van der Waals surface area contributed by atoms with E-state index in [0.717, 1.165) is 29.7 Å². The maximum atomic E-state index is 13.5. The van der Waals surface area contributed by atoms with Crippen LogP contribution in [0, 0.1) is 11.2 Å². The van der Waals surface area contributed by atoms with Crippen LogP contribution in [0.15, 0.2) is 46.2 Å². The Bertz CT molecular complexity index is 1170. The van der Waals surface area contributed by atoms with Crippen molar-refractivity contribution in [3.63, 3.8) is 0 Å². The molecular formula is C27H32F6N2O3S2. The highest BCUT2D eigenvalue weighted by Gasteiger charge is 2.46. The first kappa shape index (κ1) is 32.3. The van der Waals surface area contributed by atoms with E-state index in [0.29, 0.717) is 17.2 Å². The topological polar surface area (TPSA) is 53.0 Å². The van der Waals surface area contributed by atoms with Crippen molar-refractivity contribution in [3.8, 4) is 5.75 Å². The lowest BCUT2D eigenvalue weighted by Crippen LogP contribution is -2.37. The molecule has 2 aromatic rings. The van der Waals surface area contributed by atoms with Gasteiger partial charge in [-0.05, 0) is 69.2 Å². The molecule has 0 aromatic heterocycles. The summed E-state index contributed by atoms with van der Waals surface area (Å²) in [7, 11) is 1.97. The van der Waals surface area contributed by atoms with Crippen LogP contribution in [0.3, 0.4) is 0 Å². The monoisotopic (exact) mass is 610 g/mol. The number of hydrogen-bond donors (Lipinski definition) is 1. The van der Waals surface area contributed by atoms with E-state index < -0.39 is 29.9 Å². The smallest absolute Gasteiger partial charge is 0.388 e. The number of anilines is 2.